The molecule has 0 aromatic carbocycles. The Balaban J connectivity index is 1.68. The van der Waals surface area contributed by atoms with Crippen molar-refractivity contribution in [2.45, 2.75) is 110 Å². The van der Waals surface area contributed by atoms with Crippen LogP contribution in [0.2, 0.25) is 0 Å². The van der Waals surface area contributed by atoms with Crippen LogP contribution in [0.4, 0.5) is 0 Å². The minimum atomic E-state index is -1.30. The van der Waals surface area contributed by atoms with E-state index in [-0.39, 0.29) is 34.6 Å². The summed E-state index contributed by atoms with van der Waals surface area (Å²) in [6.45, 7) is 12.7. The van der Waals surface area contributed by atoms with Crippen molar-refractivity contribution in [1.29, 1.82) is 0 Å². The molecule has 0 spiro atoms. The topological polar surface area (TPSA) is 93.0 Å². The molecule has 0 amide bonds. The van der Waals surface area contributed by atoms with Gasteiger partial charge in [-0.3, -0.25) is 5.32 Å². The molecule has 0 saturated heterocycles. The second kappa shape index (κ2) is 7.91. The van der Waals surface area contributed by atoms with Gasteiger partial charge in [0, 0.05) is 22.3 Å². The molecule has 3 saturated carbocycles. The Kier molecular flexibility index (Phi) is 6.03. The molecule has 0 radical (unpaired) electrons. The molecule has 32 heavy (non-hydrogen) atoms. The zero-order chi connectivity index (χ0) is 23.7. The van der Waals surface area contributed by atoms with Crippen LogP contribution in [-0.2, 0) is 0 Å². The lowest BCUT2D eigenvalue weighted by molar-refractivity contribution is -0.218. The van der Waals surface area contributed by atoms with Gasteiger partial charge in [0.25, 0.3) is 0 Å². The van der Waals surface area contributed by atoms with Crippen molar-refractivity contribution in [3.63, 3.8) is 0 Å². The molecule has 5 unspecified atom stereocenters. The van der Waals surface area contributed by atoms with E-state index in [1.807, 2.05) is 12.2 Å². The molecule has 4 rings (SSSR count). The number of nitrogens with one attached hydrogen (secondary N) is 1. The maximum Gasteiger partial charge on any atom is 0.135 e. The monoisotopic (exact) mass is 447 g/mol. The predicted octanol–water partition coefficient (Wildman–Crippen LogP) is 3.52. The van der Waals surface area contributed by atoms with Crippen molar-refractivity contribution >= 4 is 0 Å². The summed E-state index contributed by atoms with van der Waals surface area (Å²) >= 11 is 0. The third kappa shape index (κ3) is 3.38. The predicted molar refractivity (Wildman–Crippen MR) is 127 cm³/mol. The molecule has 4 aliphatic rings. The molecule has 3 fully saturated rings. The van der Waals surface area contributed by atoms with Crippen LogP contribution < -0.4 is 5.32 Å². The number of hydrogen-bond donors (Lipinski definition) is 5. The van der Waals surface area contributed by atoms with Crippen molar-refractivity contribution in [2.75, 3.05) is 0 Å². The van der Waals surface area contributed by atoms with Crippen LogP contribution in [0.1, 0.15) is 80.1 Å². The summed E-state index contributed by atoms with van der Waals surface area (Å²) in [7, 11) is 0. The van der Waals surface area contributed by atoms with Crippen molar-refractivity contribution in [3.05, 3.63) is 23.8 Å². The van der Waals surface area contributed by atoms with Gasteiger partial charge in [0.15, 0.2) is 0 Å². The average molecular weight is 448 g/mol. The normalized spacial score (nSPS) is 49.1. The third-order valence-electron chi connectivity index (χ3n) is 10.1. The molecule has 5 nitrogen and oxygen atoms in total. The average Bonchev–Trinajstić information content (AvgIpc) is 2.89. The molecular weight excluding hydrogens is 402 g/mol. The van der Waals surface area contributed by atoms with Crippen LogP contribution in [0.3, 0.4) is 0 Å². The van der Waals surface area contributed by atoms with Gasteiger partial charge in [-0.05, 0) is 63.7 Å². The second-order valence-electron chi connectivity index (χ2n) is 12.5. The number of hydrogen-bond acceptors (Lipinski definition) is 5. The SMILES string of the molecule is CCCC(C)(C)NC(O)[C@@]1(O)[C@H](C)CC2C3CCC4=CC(O)C=C[C@]4(C)C3[C@@H](O)C[C@@]21C. The Morgan fingerprint density at radius 2 is 1.94 bits per heavy atom. The maximum absolute atomic E-state index is 12.2. The highest BCUT2D eigenvalue weighted by atomic mass is 16.4. The molecular formula is C27H45NO4. The van der Waals surface area contributed by atoms with Gasteiger partial charge in [-0.25, -0.2) is 0 Å². The molecule has 0 aromatic heterocycles. The van der Waals surface area contributed by atoms with E-state index in [1.165, 1.54) is 5.57 Å². The number of aliphatic hydroxyl groups excluding tert-OH is 3. The molecule has 0 bridgehead atoms. The van der Waals surface area contributed by atoms with Gasteiger partial charge >= 0.3 is 0 Å². The summed E-state index contributed by atoms with van der Waals surface area (Å²) in [6, 6.07) is 0. The Hall–Kier alpha value is -0.720. The molecule has 0 heterocycles. The second-order valence-corrected chi connectivity index (χ2v) is 12.5. The molecule has 5 heteroatoms. The van der Waals surface area contributed by atoms with Gasteiger partial charge in [-0.2, -0.15) is 0 Å². The van der Waals surface area contributed by atoms with Gasteiger partial charge < -0.3 is 20.4 Å². The van der Waals surface area contributed by atoms with Gasteiger partial charge in [0.1, 0.15) is 11.8 Å². The maximum atomic E-state index is 12.2. The first-order valence-corrected chi connectivity index (χ1v) is 12.7. The van der Waals surface area contributed by atoms with Gasteiger partial charge in [-0.15, -0.1) is 0 Å². The largest absolute Gasteiger partial charge is 0.393 e. The van der Waals surface area contributed by atoms with Crippen molar-refractivity contribution in [3.8, 4) is 0 Å². The number of allylic oxidation sites excluding steroid dienone is 2. The highest BCUT2D eigenvalue weighted by Gasteiger charge is 2.70. The molecule has 0 aliphatic heterocycles. The lowest BCUT2D eigenvalue weighted by Gasteiger charge is -2.60. The van der Waals surface area contributed by atoms with E-state index >= 15 is 0 Å². The van der Waals surface area contributed by atoms with E-state index < -0.39 is 29.5 Å². The van der Waals surface area contributed by atoms with Crippen molar-refractivity contribution < 1.29 is 20.4 Å². The van der Waals surface area contributed by atoms with E-state index in [0.29, 0.717) is 6.42 Å². The summed E-state index contributed by atoms with van der Waals surface area (Å²) in [6.07, 6.45) is 8.90. The first-order valence-electron chi connectivity index (χ1n) is 12.7. The van der Waals surface area contributed by atoms with Crippen LogP contribution in [0.15, 0.2) is 23.8 Å². The quantitative estimate of drug-likeness (QED) is 0.328. The summed E-state index contributed by atoms with van der Waals surface area (Å²) in [4.78, 5) is 0. The molecule has 10 atom stereocenters. The van der Waals surface area contributed by atoms with Gasteiger partial charge in [0.05, 0.1) is 12.2 Å². The Morgan fingerprint density at radius 1 is 1.25 bits per heavy atom. The molecule has 182 valence electrons. The Labute approximate surface area is 194 Å². The minimum absolute atomic E-state index is 0.0699. The fraction of sp³-hybridized carbons (Fsp3) is 0.852. The number of rotatable bonds is 5. The van der Waals surface area contributed by atoms with Crippen LogP contribution >= 0.6 is 0 Å². The first-order chi connectivity index (χ1) is 14.8. The van der Waals surface area contributed by atoms with E-state index in [2.05, 4.69) is 52.9 Å². The van der Waals surface area contributed by atoms with Crippen LogP contribution in [-0.4, -0.2) is 50.0 Å². The summed E-state index contributed by atoms with van der Waals surface area (Å²) in [5, 5.41) is 48.6. The van der Waals surface area contributed by atoms with E-state index in [0.717, 1.165) is 32.1 Å². The third-order valence-corrected chi connectivity index (χ3v) is 10.1. The molecule has 0 aromatic rings. The van der Waals surface area contributed by atoms with Gasteiger partial charge in [0.2, 0.25) is 0 Å². The van der Waals surface area contributed by atoms with E-state index in [1.54, 1.807) is 0 Å². The summed E-state index contributed by atoms with van der Waals surface area (Å²) in [5.41, 5.74) is -1.17. The Morgan fingerprint density at radius 3 is 2.59 bits per heavy atom. The zero-order valence-electron chi connectivity index (χ0n) is 20.8. The van der Waals surface area contributed by atoms with Crippen molar-refractivity contribution in [1.82, 2.24) is 5.32 Å². The van der Waals surface area contributed by atoms with Crippen LogP contribution in [0.25, 0.3) is 0 Å². The fourth-order valence-corrected chi connectivity index (χ4v) is 8.57. The number of fused-ring (bicyclic) bond motifs is 5. The molecule has 5 N–H and O–H groups in total. The highest BCUT2D eigenvalue weighted by molar-refractivity contribution is 5.35. The lowest BCUT2D eigenvalue weighted by Crippen LogP contribution is -2.67. The summed E-state index contributed by atoms with van der Waals surface area (Å²) in [5.74, 6) is 0.510. The van der Waals surface area contributed by atoms with Crippen molar-refractivity contribution in [2.24, 2.45) is 34.5 Å². The van der Waals surface area contributed by atoms with E-state index in [4.69, 9.17) is 0 Å². The lowest BCUT2D eigenvalue weighted by atomic mass is 9.46. The van der Waals surface area contributed by atoms with Gasteiger partial charge in [-0.1, -0.05) is 57.9 Å². The van der Waals surface area contributed by atoms with Crippen LogP contribution in [0.5, 0.6) is 0 Å². The zero-order valence-corrected chi connectivity index (χ0v) is 20.8. The smallest absolute Gasteiger partial charge is 0.135 e. The standard InChI is InChI=1S/C27H45NO4/c1-7-11-24(3,4)28-23(31)27(32)16(2)13-20-19-9-8-17-14-18(29)10-12-25(17,5)22(19)21(30)15-26(20,27)6/h10,12,14,16,18-23,28-32H,7-9,11,13,15H2,1-6H3/t16-,18?,19?,20?,21+,22?,23?,25+,26+,27+/m1/s1. The fourth-order valence-electron chi connectivity index (χ4n) is 8.57. The highest BCUT2D eigenvalue weighted by Crippen LogP contribution is 2.68. The van der Waals surface area contributed by atoms with E-state index in [9.17, 15) is 20.4 Å². The first kappa shape index (κ1) is 24.4. The molecule has 4 aliphatic carbocycles. The minimum Gasteiger partial charge on any atom is -0.393 e. The summed E-state index contributed by atoms with van der Waals surface area (Å²) < 4.78 is 0. The Bertz CT molecular complexity index is 793. The number of aliphatic hydroxyl groups is 4. The van der Waals surface area contributed by atoms with Crippen LogP contribution in [0, 0.1) is 34.5 Å².